The van der Waals surface area contributed by atoms with Gasteiger partial charge in [0.15, 0.2) is 0 Å². The zero-order valence-corrected chi connectivity index (χ0v) is 10.2. The summed E-state index contributed by atoms with van der Waals surface area (Å²) in [6.45, 7) is 4.59. The molecule has 0 atom stereocenters. The van der Waals surface area contributed by atoms with Crippen molar-refractivity contribution in [1.82, 2.24) is 0 Å². The fourth-order valence-corrected chi connectivity index (χ4v) is 2.03. The van der Waals surface area contributed by atoms with Crippen molar-refractivity contribution in [3.63, 3.8) is 0 Å². The molecule has 0 fully saturated rings. The Bertz CT molecular complexity index is 203. The van der Waals surface area contributed by atoms with Gasteiger partial charge in [-0.15, -0.1) is 0 Å². The molecular formula is C10H21NOS. The van der Waals surface area contributed by atoms with Crippen molar-refractivity contribution in [2.45, 2.75) is 26.7 Å². The number of Topliss-reactive ketones (excluding diaryl/α,β-unsaturated/α-hetero) is 1. The smallest absolute Gasteiger partial charge is 0.136 e. The molecule has 13 heavy (non-hydrogen) atoms. The molecule has 0 rings (SSSR count). The van der Waals surface area contributed by atoms with E-state index in [1.54, 1.807) is 6.92 Å². The Balaban J connectivity index is 4.46. The highest BCUT2D eigenvalue weighted by molar-refractivity contribution is 8.44. The van der Waals surface area contributed by atoms with Gasteiger partial charge < -0.3 is 0 Å². The van der Waals surface area contributed by atoms with E-state index in [1.807, 2.05) is 0 Å². The number of aliphatic imine (C=N–C) groups is 1. The van der Waals surface area contributed by atoms with Gasteiger partial charge in [-0.3, -0.25) is 9.79 Å². The largest absolute Gasteiger partial charge is 0.300 e. The Morgan fingerprint density at radius 2 is 1.85 bits per heavy atom. The van der Waals surface area contributed by atoms with E-state index in [9.17, 15) is 4.79 Å². The normalized spacial score (nSPS) is 14.4. The van der Waals surface area contributed by atoms with Crippen molar-refractivity contribution in [2.24, 2.45) is 4.99 Å². The SMILES string of the molecule is CCCN=C(CC(C)=O)S(C)(C)C. The van der Waals surface area contributed by atoms with Crippen molar-refractivity contribution in [3.05, 3.63) is 0 Å². The van der Waals surface area contributed by atoms with Gasteiger partial charge in [0.05, 0.1) is 11.5 Å². The molecule has 0 amide bonds. The number of carbonyl (C=O) groups excluding carboxylic acids is 1. The maximum Gasteiger partial charge on any atom is 0.136 e. The van der Waals surface area contributed by atoms with Gasteiger partial charge in [-0.1, -0.05) is 6.92 Å². The van der Waals surface area contributed by atoms with Crippen LogP contribution in [0.3, 0.4) is 0 Å². The van der Waals surface area contributed by atoms with Crippen LogP contribution in [0.4, 0.5) is 0 Å². The zero-order chi connectivity index (χ0) is 10.5. The monoisotopic (exact) mass is 203 g/mol. The maximum atomic E-state index is 11.0. The zero-order valence-electron chi connectivity index (χ0n) is 9.39. The predicted molar refractivity (Wildman–Crippen MR) is 63.3 cm³/mol. The molecule has 0 saturated carbocycles. The van der Waals surface area contributed by atoms with Crippen LogP contribution in [-0.4, -0.2) is 36.1 Å². The Morgan fingerprint density at radius 1 is 1.31 bits per heavy atom. The highest BCUT2D eigenvalue weighted by Crippen LogP contribution is 2.38. The van der Waals surface area contributed by atoms with Gasteiger partial charge in [-0.25, -0.2) is 10.0 Å². The van der Waals surface area contributed by atoms with E-state index in [0.717, 1.165) is 18.0 Å². The number of carbonyl (C=O) groups is 1. The molecule has 0 saturated heterocycles. The van der Waals surface area contributed by atoms with Crippen LogP contribution < -0.4 is 0 Å². The van der Waals surface area contributed by atoms with E-state index in [4.69, 9.17) is 0 Å². The molecule has 0 heterocycles. The van der Waals surface area contributed by atoms with Crippen LogP contribution in [0.25, 0.3) is 0 Å². The third-order valence-electron chi connectivity index (χ3n) is 1.62. The average molecular weight is 203 g/mol. The summed E-state index contributed by atoms with van der Waals surface area (Å²) in [7, 11) is -0.803. The van der Waals surface area contributed by atoms with Gasteiger partial charge in [-0.2, -0.15) is 0 Å². The summed E-state index contributed by atoms with van der Waals surface area (Å²) in [5.74, 6) is 0.220. The van der Waals surface area contributed by atoms with Crippen LogP contribution in [0.2, 0.25) is 0 Å². The minimum atomic E-state index is -0.803. The minimum absolute atomic E-state index is 0.220. The van der Waals surface area contributed by atoms with Gasteiger partial charge in [0, 0.05) is 6.54 Å². The Labute approximate surface area is 83.1 Å². The highest BCUT2D eigenvalue weighted by Gasteiger charge is 2.14. The van der Waals surface area contributed by atoms with E-state index in [-0.39, 0.29) is 5.78 Å². The van der Waals surface area contributed by atoms with Crippen LogP contribution >= 0.6 is 10.0 Å². The van der Waals surface area contributed by atoms with Crippen LogP contribution in [0.15, 0.2) is 4.99 Å². The minimum Gasteiger partial charge on any atom is -0.300 e. The maximum absolute atomic E-state index is 11.0. The van der Waals surface area contributed by atoms with Crippen LogP contribution in [0.1, 0.15) is 26.7 Å². The lowest BCUT2D eigenvalue weighted by Gasteiger charge is -2.27. The van der Waals surface area contributed by atoms with E-state index in [1.165, 1.54) is 0 Å². The number of hydrogen-bond acceptors (Lipinski definition) is 2. The Morgan fingerprint density at radius 3 is 2.15 bits per heavy atom. The third kappa shape index (κ3) is 5.86. The summed E-state index contributed by atoms with van der Waals surface area (Å²) in [6.07, 6.45) is 8.15. The molecule has 0 radical (unpaired) electrons. The number of nitrogens with zero attached hydrogens (tertiary/aromatic N) is 1. The molecule has 0 aliphatic rings. The first-order valence-electron chi connectivity index (χ1n) is 4.59. The van der Waals surface area contributed by atoms with E-state index in [0.29, 0.717) is 6.42 Å². The molecule has 0 aromatic heterocycles. The number of hydrogen-bond donors (Lipinski definition) is 0. The summed E-state index contributed by atoms with van der Waals surface area (Å²) in [6, 6.07) is 0. The van der Waals surface area contributed by atoms with Gasteiger partial charge in [0.2, 0.25) is 0 Å². The molecule has 0 spiro atoms. The number of rotatable bonds is 4. The Kier molecular flexibility index (Phi) is 5.30. The molecule has 78 valence electrons. The quantitative estimate of drug-likeness (QED) is 0.510. The van der Waals surface area contributed by atoms with E-state index in [2.05, 4.69) is 30.7 Å². The second-order valence-corrected chi connectivity index (χ2v) is 8.14. The van der Waals surface area contributed by atoms with Crippen molar-refractivity contribution in [1.29, 1.82) is 0 Å². The van der Waals surface area contributed by atoms with Crippen LogP contribution in [0.5, 0.6) is 0 Å². The second kappa shape index (κ2) is 5.43. The highest BCUT2D eigenvalue weighted by atomic mass is 32.3. The summed E-state index contributed by atoms with van der Waals surface area (Å²) < 4.78 is 0. The van der Waals surface area contributed by atoms with Crippen LogP contribution in [0, 0.1) is 0 Å². The van der Waals surface area contributed by atoms with Gasteiger partial charge in [-0.05, 0) is 32.1 Å². The van der Waals surface area contributed by atoms with Gasteiger partial charge in [0.25, 0.3) is 0 Å². The van der Waals surface area contributed by atoms with Gasteiger partial charge >= 0.3 is 0 Å². The summed E-state index contributed by atoms with van der Waals surface area (Å²) in [5, 5.41) is 1.11. The van der Waals surface area contributed by atoms with Crippen molar-refractivity contribution in [2.75, 3.05) is 25.3 Å². The van der Waals surface area contributed by atoms with E-state index < -0.39 is 10.0 Å². The molecule has 2 nitrogen and oxygen atoms in total. The lowest BCUT2D eigenvalue weighted by atomic mass is 10.3. The molecule has 3 heteroatoms. The fraction of sp³-hybridized carbons (Fsp3) is 0.800. The van der Waals surface area contributed by atoms with Crippen molar-refractivity contribution in [3.8, 4) is 0 Å². The standard InChI is InChI=1S/C10H21NOS/c1-6-7-11-10(8-9(2)12)13(3,4)5/h6-8H2,1-5H3. The van der Waals surface area contributed by atoms with Crippen LogP contribution in [-0.2, 0) is 4.79 Å². The molecular weight excluding hydrogens is 182 g/mol. The summed E-state index contributed by atoms with van der Waals surface area (Å²) in [4.78, 5) is 15.5. The van der Waals surface area contributed by atoms with Crippen molar-refractivity contribution >= 4 is 20.9 Å². The molecule has 0 bridgehead atoms. The lowest BCUT2D eigenvalue weighted by molar-refractivity contribution is -0.115. The first kappa shape index (κ1) is 12.7. The second-order valence-electron chi connectivity index (χ2n) is 3.99. The molecule has 0 N–H and O–H groups in total. The summed E-state index contributed by atoms with van der Waals surface area (Å²) >= 11 is 0. The molecule has 0 aliphatic heterocycles. The number of ketones is 1. The predicted octanol–water partition coefficient (Wildman–Crippen LogP) is 2.47. The first-order valence-corrected chi connectivity index (χ1v) is 7.44. The molecule has 0 unspecified atom stereocenters. The lowest BCUT2D eigenvalue weighted by Crippen LogP contribution is -2.13. The average Bonchev–Trinajstić information content (AvgIpc) is 1.95. The molecule has 0 aromatic carbocycles. The Hall–Kier alpha value is -0.310. The fourth-order valence-electron chi connectivity index (χ4n) is 0.916. The third-order valence-corrected chi connectivity index (χ3v) is 3.31. The molecule has 0 aromatic rings. The topological polar surface area (TPSA) is 29.4 Å². The first-order chi connectivity index (χ1) is 5.88. The molecule has 0 aliphatic carbocycles. The van der Waals surface area contributed by atoms with Crippen molar-refractivity contribution < 1.29 is 4.79 Å². The van der Waals surface area contributed by atoms with E-state index >= 15 is 0 Å². The van der Waals surface area contributed by atoms with Gasteiger partial charge in [0.1, 0.15) is 5.78 Å². The summed E-state index contributed by atoms with van der Waals surface area (Å²) in [5.41, 5.74) is 0.